The Labute approximate surface area is 151 Å². The highest BCUT2D eigenvalue weighted by Gasteiger charge is 2.29. The number of Topliss-reactive ketones (excluding diaryl/α,β-unsaturated/α-hetero) is 1. The van der Waals surface area contributed by atoms with Crippen LogP contribution in [0.15, 0.2) is 30.3 Å². The first kappa shape index (κ1) is 18.4. The molecule has 0 N–H and O–H groups in total. The Balaban J connectivity index is 0.000000174. The second kappa shape index (κ2) is 7.73. The van der Waals surface area contributed by atoms with E-state index in [1.54, 1.807) is 6.07 Å². The third kappa shape index (κ3) is 4.31. The normalized spacial score (nSPS) is 15.9. The molecule has 1 unspecified atom stereocenters. The zero-order chi connectivity index (χ0) is 17.1. The average molecular weight is 422 g/mol. The van der Waals surface area contributed by atoms with Crippen molar-refractivity contribution in [3.63, 3.8) is 0 Å². The van der Waals surface area contributed by atoms with Gasteiger partial charge in [-0.1, -0.05) is 52.1 Å². The zero-order valence-electron chi connectivity index (χ0n) is 12.2. The number of hydrogen-bond acceptors (Lipinski definition) is 1. The quantitative estimate of drug-likeness (QED) is 0.499. The maximum Gasteiger partial charge on any atom is 0.166 e. The highest BCUT2D eigenvalue weighted by molar-refractivity contribution is 9.08. The lowest BCUT2D eigenvalue weighted by atomic mass is 10.1. The Morgan fingerprint density at radius 1 is 1.13 bits per heavy atom. The molecule has 122 valence electrons. The Morgan fingerprint density at radius 3 is 2.39 bits per heavy atom. The number of alkyl halides is 1. The number of hydrogen-bond donors (Lipinski definition) is 0. The molecule has 0 radical (unpaired) electrons. The van der Waals surface area contributed by atoms with Crippen LogP contribution in [0.25, 0.3) is 0 Å². The van der Waals surface area contributed by atoms with Gasteiger partial charge in [0.15, 0.2) is 5.78 Å². The number of carbonyl (C=O) groups excluding carboxylic acids is 1. The van der Waals surface area contributed by atoms with E-state index in [4.69, 9.17) is 23.2 Å². The summed E-state index contributed by atoms with van der Waals surface area (Å²) in [6, 6.07) is 6.88. The monoisotopic (exact) mass is 420 g/mol. The predicted octanol–water partition coefficient (Wildman–Crippen LogP) is 6.23. The van der Waals surface area contributed by atoms with Gasteiger partial charge in [0.2, 0.25) is 0 Å². The van der Waals surface area contributed by atoms with Crippen LogP contribution in [0.1, 0.15) is 28.4 Å². The van der Waals surface area contributed by atoms with Crippen LogP contribution in [0.4, 0.5) is 8.78 Å². The van der Waals surface area contributed by atoms with Gasteiger partial charge in [-0.3, -0.25) is 4.79 Å². The van der Waals surface area contributed by atoms with Gasteiger partial charge >= 0.3 is 0 Å². The summed E-state index contributed by atoms with van der Waals surface area (Å²) in [5.41, 5.74) is 2.15. The van der Waals surface area contributed by atoms with Crippen molar-refractivity contribution < 1.29 is 13.6 Å². The summed E-state index contributed by atoms with van der Waals surface area (Å²) in [5, 5.41) is 1.50. The molecule has 3 rings (SSSR count). The highest BCUT2D eigenvalue weighted by Crippen LogP contribution is 2.32. The fourth-order valence-electron chi connectivity index (χ4n) is 2.33. The molecule has 1 aliphatic rings. The zero-order valence-corrected chi connectivity index (χ0v) is 15.3. The molecule has 0 amide bonds. The van der Waals surface area contributed by atoms with Gasteiger partial charge in [-0.25, -0.2) is 8.78 Å². The molecule has 0 spiro atoms. The lowest BCUT2D eigenvalue weighted by Gasteiger charge is -1.99. The molecule has 2 aromatic carbocycles. The van der Waals surface area contributed by atoms with Crippen LogP contribution in [0.5, 0.6) is 0 Å². The second-order valence-corrected chi connectivity index (χ2v) is 6.63. The van der Waals surface area contributed by atoms with E-state index in [0.29, 0.717) is 27.4 Å². The van der Waals surface area contributed by atoms with E-state index >= 15 is 0 Å². The Morgan fingerprint density at radius 2 is 1.78 bits per heavy atom. The number of halogens is 5. The molecular formula is C17H13BrCl2F2O. The molecule has 23 heavy (non-hydrogen) atoms. The Hall–Kier alpha value is -0.970. The van der Waals surface area contributed by atoms with E-state index in [-0.39, 0.29) is 17.5 Å². The first-order valence-electron chi connectivity index (χ1n) is 6.85. The van der Waals surface area contributed by atoms with Crippen LogP contribution in [0.3, 0.4) is 0 Å². The molecule has 2 aromatic rings. The van der Waals surface area contributed by atoms with Crippen molar-refractivity contribution in [3.05, 3.63) is 68.7 Å². The SMILES string of the molecule is CC1Cc2c(Cl)cc(F)cc2C1=O.Fc1ccc(CBr)c(Cl)c1. The molecule has 1 atom stereocenters. The average Bonchev–Trinajstić information content (AvgIpc) is 2.76. The van der Waals surface area contributed by atoms with Gasteiger partial charge in [0, 0.05) is 26.9 Å². The lowest BCUT2D eigenvalue weighted by molar-refractivity contribution is 0.0946. The van der Waals surface area contributed by atoms with Crippen LogP contribution in [-0.2, 0) is 11.8 Å². The van der Waals surface area contributed by atoms with Gasteiger partial charge in [-0.05, 0) is 41.8 Å². The number of benzene rings is 2. The fraction of sp³-hybridized carbons (Fsp3) is 0.235. The molecule has 0 aromatic heterocycles. The van der Waals surface area contributed by atoms with E-state index in [1.807, 2.05) is 6.92 Å². The van der Waals surface area contributed by atoms with Crippen molar-refractivity contribution in [2.24, 2.45) is 5.92 Å². The van der Waals surface area contributed by atoms with Gasteiger partial charge in [0.05, 0.1) is 0 Å². The topological polar surface area (TPSA) is 17.1 Å². The molecule has 0 saturated heterocycles. The van der Waals surface area contributed by atoms with Crippen molar-refractivity contribution in [2.75, 3.05) is 0 Å². The summed E-state index contributed by atoms with van der Waals surface area (Å²) in [7, 11) is 0. The molecule has 6 heteroatoms. The Bertz CT molecular complexity index is 750. The molecule has 1 nitrogen and oxygen atoms in total. The first-order chi connectivity index (χ1) is 10.8. The minimum Gasteiger partial charge on any atom is -0.294 e. The molecule has 0 fully saturated rings. The summed E-state index contributed by atoms with van der Waals surface area (Å²) in [5.74, 6) is -0.799. The van der Waals surface area contributed by atoms with Crippen molar-refractivity contribution >= 4 is 44.9 Å². The number of fused-ring (bicyclic) bond motifs is 1. The van der Waals surface area contributed by atoms with Crippen LogP contribution in [0, 0.1) is 17.6 Å². The lowest BCUT2D eigenvalue weighted by Crippen LogP contribution is -2.02. The van der Waals surface area contributed by atoms with Crippen molar-refractivity contribution in [1.82, 2.24) is 0 Å². The van der Waals surface area contributed by atoms with Crippen LogP contribution in [-0.4, -0.2) is 5.78 Å². The minimum atomic E-state index is -0.439. The smallest absolute Gasteiger partial charge is 0.166 e. The van der Waals surface area contributed by atoms with Crippen molar-refractivity contribution in [2.45, 2.75) is 18.7 Å². The van der Waals surface area contributed by atoms with Gasteiger partial charge in [-0.15, -0.1) is 0 Å². The molecular weight excluding hydrogens is 409 g/mol. The highest BCUT2D eigenvalue weighted by atomic mass is 79.9. The van der Waals surface area contributed by atoms with Gasteiger partial charge < -0.3 is 0 Å². The van der Waals surface area contributed by atoms with E-state index in [1.165, 1.54) is 24.3 Å². The predicted molar refractivity (Wildman–Crippen MR) is 92.6 cm³/mol. The number of carbonyl (C=O) groups is 1. The van der Waals surface area contributed by atoms with Gasteiger partial charge in [-0.2, -0.15) is 0 Å². The molecule has 1 aliphatic carbocycles. The summed E-state index contributed by atoms with van der Waals surface area (Å²) >= 11 is 14.7. The second-order valence-electron chi connectivity index (χ2n) is 5.25. The number of rotatable bonds is 1. The van der Waals surface area contributed by atoms with E-state index in [2.05, 4.69) is 15.9 Å². The summed E-state index contributed by atoms with van der Waals surface area (Å²) in [4.78, 5) is 11.5. The molecule has 0 aliphatic heterocycles. The van der Waals surface area contributed by atoms with Crippen LogP contribution >= 0.6 is 39.1 Å². The fourth-order valence-corrected chi connectivity index (χ4v) is 3.49. The van der Waals surface area contributed by atoms with E-state index in [9.17, 15) is 13.6 Å². The Kier molecular flexibility index (Phi) is 6.18. The van der Waals surface area contributed by atoms with Gasteiger partial charge in [0.25, 0.3) is 0 Å². The van der Waals surface area contributed by atoms with Gasteiger partial charge in [0.1, 0.15) is 11.6 Å². The van der Waals surface area contributed by atoms with Crippen molar-refractivity contribution in [3.8, 4) is 0 Å². The van der Waals surface area contributed by atoms with Crippen LogP contribution < -0.4 is 0 Å². The molecule has 0 heterocycles. The van der Waals surface area contributed by atoms with E-state index in [0.717, 1.165) is 11.1 Å². The molecule has 0 bridgehead atoms. The summed E-state index contributed by atoms with van der Waals surface area (Å²) in [6.45, 7) is 1.83. The minimum absolute atomic E-state index is 0.00333. The maximum absolute atomic E-state index is 12.9. The molecule has 0 saturated carbocycles. The largest absolute Gasteiger partial charge is 0.294 e. The number of ketones is 1. The standard InChI is InChI=1S/C10H8ClFO.C7H5BrClF/c1-5-2-7-8(10(5)13)3-6(12)4-9(7)11;8-4-5-1-2-6(10)3-7(5)9/h3-5H,2H2,1H3;1-3H,4H2. The van der Waals surface area contributed by atoms with E-state index < -0.39 is 5.82 Å². The third-order valence-electron chi connectivity index (χ3n) is 3.54. The third-order valence-corrected chi connectivity index (χ3v) is 4.84. The van der Waals surface area contributed by atoms with Crippen LogP contribution in [0.2, 0.25) is 10.0 Å². The maximum atomic E-state index is 12.9. The first-order valence-corrected chi connectivity index (χ1v) is 8.73. The van der Waals surface area contributed by atoms with Crippen molar-refractivity contribution in [1.29, 1.82) is 0 Å². The summed E-state index contributed by atoms with van der Waals surface area (Å²) in [6.07, 6.45) is 0.632. The summed E-state index contributed by atoms with van der Waals surface area (Å²) < 4.78 is 25.3.